The van der Waals surface area contributed by atoms with E-state index in [1.165, 1.54) is 35.7 Å². The van der Waals surface area contributed by atoms with Gasteiger partial charge in [0.15, 0.2) is 0 Å². The molecule has 6 heteroatoms. The molecule has 0 fully saturated rings. The Bertz CT molecular complexity index is 727. The molecular formula is C14H9F2N3S. The maximum atomic E-state index is 13.8. The predicted molar refractivity (Wildman–Crippen MR) is 75.0 cm³/mol. The molecule has 0 unspecified atom stereocenters. The maximum absolute atomic E-state index is 13.8. The van der Waals surface area contributed by atoms with Crippen molar-refractivity contribution in [1.29, 1.82) is 0 Å². The quantitative estimate of drug-likeness (QED) is 0.792. The molecular weight excluding hydrogens is 280 g/mol. The van der Waals surface area contributed by atoms with Crippen molar-refractivity contribution < 1.29 is 8.78 Å². The summed E-state index contributed by atoms with van der Waals surface area (Å²) in [5.74, 6) is -1.25. The fourth-order valence-electron chi connectivity index (χ4n) is 1.84. The molecule has 0 amide bonds. The van der Waals surface area contributed by atoms with Crippen LogP contribution >= 0.6 is 11.3 Å². The van der Waals surface area contributed by atoms with Gasteiger partial charge in [0.2, 0.25) is 0 Å². The summed E-state index contributed by atoms with van der Waals surface area (Å²) in [4.78, 5) is 4.11. The van der Waals surface area contributed by atoms with Gasteiger partial charge < -0.3 is 0 Å². The number of hydrogen-bond acceptors (Lipinski definition) is 3. The monoisotopic (exact) mass is 289 g/mol. The Hall–Kier alpha value is -2.34. The number of nitrogens with zero attached hydrogens (tertiary/aromatic N) is 2. The Morgan fingerprint density at radius 2 is 1.95 bits per heavy atom. The molecule has 0 aliphatic carbocycles. The summed E-state index contributed by atoms with van der Waals surface area (Å²) < 4.78 is 27.6. The Morgan fingerprint density at radius 3 is 2.65 bits per heavy atom. The number of halogens is 2. The highest BCUT2D eigenvalue weighted by atomic mass is 32.1. The third-order valence-corrected chi connectivity index (χ3v) is 3.48. The third kappa shape index (κ3) is 2.37. The minimum Gasteiger partial charge on any atom is -0.277 e. The lowest BCUT2D eigenvalue weighted by Gasteiger charge is -2.03. The number of thiazole rings is 1. The molecule has 0 saturated heterocycles. The van der Waals surface area contributed by atoms with Crippen LogP contribution in [0.2, 0.25) is 0 Å². The summed E-state index contributed by atoms with van der Waals surface area (Å²) in [5.41, 5.74) is 0.807. The van der Waals surface area contributed by atoms with Crippen LogP contribution in [-0.4, -0.2) is 15.2 Å². The number of nitrogens with one attached hydrogen (secondary N) is 1. The van der Waals surface area contributed by atoms with Gasteiger partial charge >= 0.3 is 0 Å². The van der Waals surface area contributed by atoms with Gasteiger partial charge in [-0.25, -0.2) is 13.8 Å². The standard InChI is InChI=1S/C14H9F2N3S/c15-10-2-1-3-11(16)13(10)14-9(8-18-19-14)4-5-12-17-6-7-20-12/h1-8H,(H,18,19)/b5-4+. The van der Waals surface area contributed by atoms with Gasteiger partial charge in [-0.1, -0.05) is 6.07 Å². The lowest BCUT2D eigenvalue weighted by Crippen LogP contribution is -1.91. The molecule has 0 bridgehead atoms. The van der Waals surface area contributed by atoms with E-state index in [4.69, 9.17) is 0 Å². The van der Waals surface area contributed by atoms with Crippen molar-refractivity contribution in [3.63, 3.8) is 0 Å². The lowest BCUT2D eigenvalue weighted by molar-refractivity contribution is 0.588. The van der Waals surface area contributed by atoms with Crippen molar-refractivity contribution in [3.05, 3.63) is 58.2 Å². The third-order valence-electron chi connectivity index (χ3n) is 2.74. The second-order valence-electron chi connectivity index (χ2n) is 4.00. The zero-order valence-corrected chi connectivity index (χ0v) is 11.0. The second-order valence-corrected chi connectivity index (χ2v) is 4.93. The largest absolute Gasteiger partial charge is 0.277 e. The second kappa shape index (κ2) is 5.34. The highest BCUT2D eigenvalue weighted by molar-refractivity contribution is 7.10. The highest BCUT2D eigenvalue weighted by Gasteiger charge is 2.15. The average molecular weight is 289 g/mol. The summed E-state index contributed by atoms with van der Waals surface area (Å²) in [7, 11) is 0. The van der Waals surface area contributed by atoms with E-state index in [1.54, 1.807) is 18.3 Å². The van der Waals surface area contributed by atoms with E-state index in [1.807, 2.05) is 5.38 Å². The van der Waals surface area contributed by atoms with Gasteiger partial charge in [-0.2, -0.15) is 5.10 Å². The number of rotatable bonds is 3. The molecule has 20 heavy (non-hydrogen) atoms. The summed E-state index contributed by atoms with van der Waals surface area (Å²) in [6, 6.07) is 3.76. The number of benzene rings is 1. The molecule has 0 radical (unpaired) electrons. The van der Waals surface area contributed by atoms with Crippen molar-refractivity contribution in [3.8, 4) is 11.3 Å². The fourth-order valence-corrected chi connectivity index (χ4v) is 2.37. The topological polar surface area (TPSA) is 41.6 Å². The van der Waals surface area contributed by atoms with Crippen molar-refractivity contribution in [2.75, 3.05) is 0 Å². The predicted octanol–water partition coefficient (Wildman–Crippen LogP) is 3.98. The van der Waals surface area contributed by atoms with Crippen LogP contribution in [0.25, 0.3) is 23.4 Å². The molecule has 3 aromatic rings. The first kappa shape index (κ1) is 12.7. The first-order valence-corrected chi connectivity index (χ1v) is 6.69. The van der Waals surface area contributed by atoms with Crippen LogP contribution in [0.1, 0.15) is 10.6 Å². The normalized spacial score (nSPS) is 11.3. The van der Waals surface area contributed by atoms with Gasteiger partial charge in [-0.3, -0.25) is 5.10 Å². The molecule has 3 rings (SSSR count). The van der Waals surface area contributed by atoms with Crippen LogP contribution in [0, 0.1) is 11.6 Å². The minimum atomic E-state index is -0.627. The molecule has 0 saturated carbocycles. The molecule has 0 atom stereocenters. The number of H-pyrrole nitrogens is 1. The van der Waals surface area contributed by atoms with Crippen LogP contribution < -0.4 is 0 Å². The van der Waals surface area contributed by atoms with Crippen LogP contribution in [0.5, 0.6) is 0 Å². The molecule has 2 heterocycles. The van der Waals surface area contributed by atoms with E-state index < -0.39 is 11.6 Å². The molecule has 0 aliphatic rings. The number of aromatic amines is 1. The van der Waals surface area contributed by atoms with E-state index >= 15 is 0 Å². The van der Waals surface area contributed by atoms with Gasteiger partial charge in [0.1, 0.15) is 16.6 Å². The number of hydrogen-bond donors (Lipinski definition) is 1. The molecule has 100 valence electrons. The van der Waals surface area contributed by atoms with Crippen molar-refractivity contribution in [2.24, 2.45) is 0 Å². The summed E-state index contributed by atoms with van der Waals surface area (Å²) >= 11 is 1.48. The summed E-state index contributed by atoms with van der Waals surface area (Å²) in [6.45, 7) is 0. The van der Waals surface area contributed by atoms with Gasteiger partial charge in [-0.05, 0) is 24.3 Å². The first-order chi connectivity index (χ1) is 9.75. The first-order valence-electron chi connectivity index (χ1n) is 5.81. The SMILES string of the molecule is Fc1cccc(F)c1-c1[nH]ncc1/C=C/c1nccs1. The summed E-state index contributed by atoms with van der Waals surface area (Å²) in [5, 5.41) is 9.15. The smallest absolute Gasteiger partial charge is 0.135 e. The molecule has 0 aliphatic heterocycles. The van der Waals surface area contributed by atoms with E-state index in [0.29, 0.717) is 11.3 Å². The Labute approximate surface area is 117 Å². The average Bonchev–Trinajstić information content (AvgIpc) is 3.07. The van der Waals surface area contributed by atoms with E-state index in [2.05, 4.69) is 15.2 Å². The van der Waals surface area contributed by atoms with E-state index in [-0.39, 0.29) is 5.56 Å². The van der Waals surface area contributed by atoms with Crippen molar-refractivity contribution in [2.45, 2.75) is 0 Å². The van der Waals surface area contributed by atoms with Crippen LogP contribution in [0.15, 0.2) is 36.0 Å². The minimum absolute atomic E-state index is 0.108. The Balaban J connectivity index is 2.02. The van der Waals surface area contributed by atoms with Crippen LogP contribution in [-0.2, 0) is 0 Å². The Morgan fingerprint density at radius 1 is 1.15 bits per heavy atom. The lowest BCUT2D eigenvalue weighted by atomic mass is 10.1. The highest BCUT2D eigenvalue weighted by Crippen LogP contribution is 2.28. The van der Waals surface area contributed by atoms with Crippen LogP contribution in [0.4, 0.5) is 8.78 Å². The maximum Gasteiger partial charge on any atom is 0.135 e. The fraction of sp³-hybridized carbons (Fsp3) is 0. The van der Waals surface area contributed by atoms with Gasteiger partial charge in [0, 0.05) is 17.1 Å². The van der Waals surface area contributed by atoms with E-state index in [9.17, 15) is 8.78 Å². The molecule has 3 nitrogen and oxygen atoms in total. The summed E-state index contributed by atoms with van der Waals surface area (Å²) in [6.07, 6.45) is 6.71. The van der Waals surface area contributed by atoms with Crippen molar-refractivity contribution in [1.82, 2.24) is 15.2 Å². The molecule has 2 aromatic heterocycles. The molecule has 1 N–H and O–H groups in total. The van der Waals surface area contributed by atoms with Gasteiger partial charge in [-0.15, -0.1) is 11.3 Å². The Kier molecular flexibility index (Phi) is 3.39. The van der Waals surface area contributed by atoms with Crippen molar-refractivity contribution >= 4 is 23.5 Å². The van der Waals surface area contributed by atoms with Gasteiger partial charge in [0.25, 0.3) is 0 Å². The van der Waals surface area contributed by atoms with Gasteiger partial charge in [0.05, 0.1) is 17.5 Å². The molecule has 0 spiro atoms. The zero-order chi connectivity index (χ0) is 13.9. The zero-order valence-electron chi connectivity index (χ0n) is 10.2. The number of aromatic nitrogens is 3. The van der Waals surface area contributed by atoms with Crippen LogP contribution in [0.3, 0.4) is 0 Å². The molecule has 1 aromatic carbocycles. The van der Waals surface area contributed by atoms with E-state index in [0.717, 1.165) is 5.01 Å².